The highest BCUT2D eigenvalue weighted by molar-refractivity contribution is 5.86. The topological polar surface area (TPSA) is 18.5 Å². The summed E-state index contributed by atoms with van der Waals surface area (Å²) in [6.45, 7) is 0.770. The Morgan fingerprint density at radius 2 is 1.88 bits per heavy atom. The first-order chi connectivity index (χ1) is 8.42. The summed E-state index contributed by atoms with van der Waals surface area (Å²) < 4.78 is 11.8. The van der Waals surface area contributed by atoms with Crippen molar-refractivity contribution < 1.29 is 9.47 Å². The molecule has 2 nitrogen and oxygen atoms in total. The van der Waals surface area contributed by atoms with Crippen LogP contribution in [0.2, 0.25) is 0 Å². The maximum absolute atomic E-state index is 6.03. The second-order valence-corrected chi connectivity index (χ2v) is 4.85. The molecule has 2 fully saturated rings. The van der Waals surface area contributed by atoms with Crippen LogP contribution < -0.4 is 0 Å². The highest BCUT2D eigenvalue weighted by Gasteiger charge is 2.43. The van der Waals surface area contributed by atoms with Gasteiger partial charge in [0.1, 0.15) is 6.10 Å². The molecule has 2 aliphatic heterocycles. The highest BCUT2D eigenvalue weighted by atomic mass is 16.6. The zero-order valence-corrected chi connectivity index (χ0v) is 9.50. The van der Waals surface area contributed by atoms with E-state index in [9.17, 15) is 0 Å². The van der Waals surface area contributed by atoms with Crippen molar-refractivity contribution in [1.82, 2.24) is 0 Å². The number of ether oxygens (including phenoxy) is 2. The molecule has 0 aromatic heterocycles. The van der Waals surface area contributed by atoms with Crippen molar-refractivity contribution >= 4 is 10.8 Å². The van der Waals surface area contributed by atoms with E-state index in [4.69, 9.17) is 9.47 Å². The minimum atomic E-state index is 0.125. The number of rotatable bonds is 1. The Balaban J connectivity index is 1.85. The first-order valence-corrected chi connectivity index (χ1v) is 6.16. The summed E-state index contributed by atoms with van der Waals surface area (Å²) in [6.07, 6.45) is 1.74. The Labute approximate surface area is 100 Å². The zero-order valence-electron chi connectivity index (χ0n) is 9.50. The molecular weight excluding hydrogens is 212 g/mol. The van der Waals surface area contributed by atoms with E-state index in [1.54, 1.807) is 0 Å². The molecule has 0 aliphatic carbocycles. The van der Waals surface area contributed by atoms with E-state index >= 15 is 0 Å². The van der Waals surface area contributed by atoms with Gasteiger partial charge in [0, 0.05) is 6.42 Å². The van der Waals surface area contributed by atoms with E-state index in [0.717, 1.165) is 13.0 Å². The van der Waals surface area contributed by atoms with Crippen LogP contribution in [0.4, 0.5) is 0 Å². The van der Waals surface area contributed by atoms with Crippen molar-refractivity contribution in [2.75, 3.05) is 6.61 Å². The summed E-state index contributed by atoms with van der Waals surface area (Å²) in [6, 6.07) is 14.9. The van der Waals surface area contributed by atoms with Gasteiger partial charge in [-0.25, -0.2) is 0 Å². The quantitative estimate of drug-likeness (QED) is 0.744. The molecule has 4 rings (SSSR count). The molecule has 2 bridgehead atoms. The minimum absolute atomic E-state index is 0.125. The second-order valence-electron chi connectivity index (χ2n) is 4.85. The summed E-state index contributed by atoms with van der Waals surface area (Å²) in [5, 5.41) is 2.56. The summed E-state index contributed by atoms with van der Waals surface area (Å²) in [5.74, 6) is 0. The molecule has 0 radical (unpaired) electrons. The number of hydrogen-bond donors (Lipinski definition) is 0. The Hall–Kier alpha value is -1.38. The number of benzene rings is 2. The van der Waals surface area contributed by atoms with Crippen LogP contribution in [0.3, 0.4) is 0 Å². The van der Waals surface area contributed by atoms with Crippen molar-refractivity contribution in [3.63, 3.8) is 0 Å². The van der Waals surface area contributed by atoms with Crippen molar-refractivity contribution in [3.05, 3.63) is 48.0 Å². The molecule has 2 aromatic carbocycles. The van der Waals surface area contributed by atoms with Gasteiger partial charge in [-0.3, -0.25) is 0 Å². The molecule has 0 amide bonds. The fourth-order valence-corrected chi connectivity index (χ4v) is 3.00. The van der Waals surface area contributed by atoms with Crippen molar-refractivity contribution in [2.45, 2.75) is 24.7 Å². The van der Waals surface area contributed by atoms with Crippen LogP contribution in [-0.4, -0.2) is 18.8 Å². The third kappa shape index (κ3) is 1.41. The third-order valence-corrected chi connectivity index (χ3v) is 3.80. The van der Waals surface area contributed by atoms with Crippen molar-refractivity contribution in [3.8, 4) is 0 Å². The fraction of sp³-hybridized carbons (Fsp3) is 0.333. The molecule has 2 aromatic rings. The van der Waals surface area contributed by atoms with Crippen LogP contribution in [0.25, 0.3) is 10.8 Å². The number of fused-ring (bicyclic) bond motifs is 3. The van der Waals surface area contributed by atoms with E-state index < -0.39 is 0 Å². The van der Waals surface area contributed by atoms with Crippen molar-refractivity contribution in [2.24, 2.45) is 0 Å². The van der Waals surface area contributed by atoms with Crippen LogP contribution in [0.1, 0.15) is 18.1 Å². The Morgan fingerprint density at radius 3 is 2.71 bits per heavy atom. The summed E-state index contributed by atoms with van der Waals surface area (Å²) in [4.78, 5) is 0. The van der Waals surface area contributed by atoms with Gasteiger partial charge in [-0.1, -0.05) is 42.5 Å². The van der Waals surface area contributed by atoms with Crippen molar-refractivity contribution in [1.29, 1.82) is 0 Å². The smallest absolute Gasteiger partial charge is 0.110 e. The average molecular weight is 226 g/mol. The minimum Gasteiger partial charge on any atom is -0.372 e. The summed E-state index contributed by atoms with van der Waals surface area (Å²) >= 11 is 0. The normalized spacial score (nSPS) is 31.2. The number of hydrogen-bond acceptors (Lipinski definition) is 2. The predicted octanol–water partition coefficient (Wildman–Crippen LogP) is 3.07. The lowest BCUT2D eigenvalue weighted by Crippen LogP contribution is -2.22. The first kappa shape index (κ1) is 9.63. The van der Waals surface area contributed by atoms with E-state index in [2.05, 4.69) is 42.5 Å². The van der Waals surface area contributed by atoms with Gasteiger partial charge in [0.05, 0.1) is 18.8 Å². The largest absolute Gasteiger partial charge is 0.372 e. The Kier molecular flexibility index (Phi) is 2.01. The molecule has 2 heterocycles. The van der Waals surface area contributed by atoms with Crippen LogP contribution >= 0.6 is 0 Å². The monoisotopic (exact) mass is 226 g/mol. The van der Waals surface area contributed by atoms with Gasteiger partial charge in [0.25, 0.3) is 0 Å². The summed E-state index contributed by atoms with van der Waals surface area (Å²) in [7, 11) is 0. The molecule has 2 heteroatoms. The SMILES string of the molecule is c1ccc2c(C3OC4COC3C4)cccc2c1. The van der Waals surface area contributed by atoms with Gasteiger partial charge >= 0.3 is 0 Å². The first-order valence-electron chi connectivity index (χ1n) is 6.16. The molecule has 0 spiro atoms. The lowest BCUT2D eigenvalue weighted by atomic mass is 9.97. The second kappa shape index (κ2) is 3.56. The Morgan fingerprint density at radius 1 is 1.00 bits per heavy atom. The highest BCUT2D eigenvalue weighted by Crippen LogP contribution is 2.42. The van der Waals surface area contributed by atoms with Gasteiger partial charge in [0.15, 0.2) is 0 Å². The molecule has 0 N–H and O–H groups in total. The van der Waals surface area contributed by atoms with Gasteiger partial charge in [-0.05, 0) is 16.3 Å². The molecule has 3 atom stereocenters. The van der Waals surface area contributed by atoms with Gasteiger partial charge in [0.2, 0.25) is 0 Å². The maximum Gasteiger partial charge on any atom is 0.110 e. The van der Waals surface area contributed by atoms with E-state index in [-0.39, 0.29) is 12.2 Å². The zero-order chi connectivity index (χ0) is 11.2. The van der Waals surface area contributed by atoms with Crippen LogP contribution in [0.5, 0.6) is 0 Å². The van der Waals surface area contributed by atoms with E-state index in [1.807, 2.05) is 0 Å². The third-order valence-electron chi connectivity index (χ3n) is 3.80. The van der Waals surface area contributed by atoms with Crippen LogP contribution in [-0.2, 0) is 9.47 Å². The molecule has 86 valence electrons. The lowest BCUT2D eigenvalue weighted by Gasteiger charge is -2.24. The fourth-order valence-electron chi connectivity index (χ4n) is 3.00. The molecule has 17 heavy (non-hydrogen) atoms. The molecule has 2 aliphatic rings. The summed E-state index contributed by atoms with van der Waals surface area (Å²) in [5.41, 5.74) is 1.27. The molecule has 3 unspecified atom stereocenters. The molecular formula is C15H14O2. The standard InChI is InChI=1S/C15H14O2/c1-2-6-12-10(4-1)5-3-7-13(12)15-14-8-11(17-15)9-16-14/h1-7,11,14-15H,8-9H2. The van der Waals surface area contributed by atoms with E-state index in [1.165, 1.54) is 16.3 Å². The molecule has 2 saturated heterocycles. The van der Waals surface area contributed by atoms with Gasteiger partial charge in [-0.15, -0.1) is 0 Å². The lowest BCUT2D eigenvalue weighted by molar-refractivity contribution is -0.0937. The van der Waals surface area contributed by atoms with Gasteiger partial charge < -0.3 is 9.47 Å². The van der Waals surface area contributed by atoms with Crippen LogP contribution in [0, 0.1) is 0 Å². The Bertz CT molecular complexity index is 558. The van der Waals surface area contributed by atoms with Gasteiger partial charge in [-0.2, -0.15) is 0 Å². The molecule has 0 saturated carbocycles. The van der Waals surface area contributed by atoms with E-state index in [0.29, 0.717) is 6.10 Å². The van der Waals surface area contributed by atoms with Crippen LogP contribution in [0.15, 0.2) is 42.5 Å². The predicted molar refractivity (Wildman–Crippen MR) is 65.9 cm³/mol. The average Bonchev–Trinajstić information content (AvgIpc) is 3.00. The maximum atomic E-state index is 6.03.